The molecule has 1 heterocycles. The highest BCUT2D eigenvalue weighted by molar-refractivity contribution is 6.07. The summed E-state index contributed by atoms with van der Waals surface area (Å²) in [5.74, 6) is 0.0203. The van der Waals surface area contributed by atoms with Crippen LogP contribution in [-0.2, 0) is 11.3 Å². The number of carbonyl (C=O) groups is 2. The van der Waals surface area contributed by atoms with E-state index in [0.29, 0.717) is 36.9 Å². The number of amides is 3. The van der Waals surface area contributed by atoms with Crippen molar-refractivity contribution in [1.29, 1.82) is 0 Å². The second kappa shape index (κ2) is 6.83. The molecule has 1 spiro atoms. The molecule has 152 valence electrons. The first kappa shape index (κ1) is 19.4. The molecule has 2 saturated carbocycles. The Kier molecular flexibility index (Phi) is 4.73. The number of imide groups is 1. The number of benzene rings is 1. The second-order valence-corrected chi connectivity index (χ2v) is 9.81. The predicted octanol–water partition coefficient (Wildman–Crippen LogP) is 3.88. The van der Waals surface area contributed by atoms with Gasteiger partial charge in [0.05, 0.1) is 6.67 Å². The minimum Gasteiger partial charge on any atom is -0.323 e. The minimum atomic E-state index is -0.786. The maximum Gasteiger partial charge on any atom is 0.326 e. The molecule has 0 bridgehead atoms. The van der Waals surface area contributed by atoms with Crippen LogP contribution in [0.2, 0.25) is 0 Å². The number of halogens is 1. The molecule has 3 fully saturated rings. The molecule has 6 heteroatoms. The van der Waals surface area contributed by atoms with Crippen molar-refractivity contribution in [3.63, 3.8) is 0 Å². The van der Waals surface area contributed by atoms with Crippen LogP contribution in [-0.4, -0.2) is 40.0 Å². The molecule has 0 radical (unpaired) electrons. The molecule has 28 heavy (non-hydrogen) atoms. The van der Waals surface area contributed by atoms with Crippen LogP contribution in [0.15, 0.2) is 24.3 Å². The van der Waals surface area contributed by atoms with E-state index in [-0.39, 0.29) is 29.8 Å². The highest BCUT2D eigenvalue weighted by atomic mass is 19.1. The number of carbonyl (C=O) groups excluding carboxylic acids is 2. The van der Waals surface area contributed by atoms with Crippen molar-refractivity contribution in [1.82, 2.24) is 15.1 Å². The first-order valence-corrected chi connectivity index (χ1v) is 10.3. The summed E-state index contributed by atoms with van der Waals surface area (Å²) < 4.78 is 14.1. The van der Waals surface area contributed by atoms with E-state index >= 15 is 0 Å². The molecule has 2 aliphatic carbocycles. The van der Waals surface area contributed by atoms with Gasteiger partial charge in [0.1, 0.15) is 11.4 Å². The molecular formula is C22H30FN3O2. The molecule has 3 amide bonds. The molecule has 1 N–H and O–H groups in total. The Morgan fingerprint density at radius 3 is 2.57 bits per heavy atom. The quantitative estimate of drug-likeness (QED) is 0.780. The van der Waals surface area contributed by atoms with Crippen LogP contribution in [0.3, 0.4) is 0 Å². The molecule has 1 aromatic carbocycles. The highest BCUT2D eigenvalue weighted by Gasteiger charge is 2.56. The number of nitrogens with one attached hydrogen (secondary N) is 1. The lowest BCUT2D eigenvalue weighted by Crippen LogP contribution is -2.54. The van der Waals surface area contributed by atoms with E-state index in [1.54, 1.807) is 12.1 Å². The van der Waals surface area contributed by atoms with Crippen molar-refractivity contribution < 1.29 is 14.0 Å². The highest BCUT2D eigenvalue weighted by Crippen LogP contribution is 2.46. The normalized spacial score (nSPS) is 29.6. The molecule has 2 atom stereocenters. The SMILES string of the molecule is C[C@H]1CC(C)(C)C[C@]2(C1)NC(=O)N(CN(Cc1ccccc1F)C1CC1)C2=O. The monoisotopic (exact) mass is 387 g/mol. The van der Waals surface area contributed by atoms with Gasteiger partial charge in [-0.2, -0.15) is 0 Å². The van der Waals surface area contributed by atoms with Gasteiger partial charge in [0.2, 0.25) is 0 Å². The molecule has 4 rings (SSSR count). The maximum absolute atomic E-state index is 14.1. The Morgan fingerprint density at radius 2 is 1.93 bits per heavy atom. The maximum atomic E-state index is 14.1. The molecule has 1 aliphatic heterocycles. The van der Waals surface area contributed by atoms with E-state index in [4.69, 9.17) is 0 Å². The van der Waals surface area contributed by atoms with E-state index in [1.807, 2.05) is 6.07 Å². The van der Waals surface area contributed by atoms with Crippen molar-refractivity contribution in [3.05, 3.63) is 35.6 Å². The summed E-state index contributed by atoms with van der Waals surface area (Å²) in [6.45, 7) is 7.12. The largest absolute Gasteiger partial charge is 0.326 e. The van der Waals surface area contributed by atoms with Crippen molar-refractivity contribution in [2.45, 2.75) is 71.0 Å². The van der Waals surface area contributed by atoms with Crippen molar-refractivity contribution in [2.75, 3.05) is 6.67 Å². The lowest BCUT2D eigenvalue weighted by atomic mass is 9.64. The van der Waals surface area contributed by atoms with Crippen LogP contribution in [0, 0.1) is 17.2 Å². The summed E-state index contributed by atoms with van der Waals surface area (Å²) in [5.41, 5.74) is -0.172. The zero-order chi connectivity index (χ0) is 20.1. The fourth-order valence-corrected chi connectivity index (χ4v) is 5.40. The second-order valence-electron chi connectivity index (χ2n) is 9.81. The lowest BCUT2D eigenvalue weighted by molar-refractivity contribution is -0.136. The topological polar surface area (TPSA) is 52.7 Å². The molecule has 3 aliphatic rings. The van der Waals surface area contributed by atoms with Gasteiger partial charge in [-0.05, 0) is 49.5 Å². The Labute approximate surface area is 166 Å². The van der Waals surface area contributed by atoms with Gasteiger partial charge in [-0.3, -0.25) is 9.69 Å². The third-order valence-electron chi connectivity index (χ3n) is 6.34. The van der Waals surface area contributed by atoms with Gasteiger partial charge in [-0.15, -0.1) is 0 Å². The van der Waals surface area contributed by atoms with Crippen LogP contribution in [0.5, 0.6) is 0 Å². The van der Waals surface area contributed by atoms with E-state index in [2.05, 4.69) is 31.0 Å². The summed E-state index contributed by atoms with van der Waals surface area (Å²) in [6.07, 6.45) is 4.45. The van der Waals surface area contributed by atoms with Gasteiger partial charge < -0.3 is 5.32 Å². The van der Waals surface area contributed by atoms with Gasteiger partial charge >= 0.3 is 6.03 Å². The van der Waals surface area contributed by atoms with Gasteiger partial charge in [-0.1, -0.05) is 39.0 Å². The van der Waals surface area contributed by atoms with E-state index in [1.165, 1.54) is 11.0 Å². The van der Waals surface area contributed by atoms with E-state index in [0.717, 1.165) is 19.3 Å². The summed E-state index contributed by atoms with van der Waals surface area (Å²) >= 11 is 0. The summed E-state index contributed by atoms with van der Waals surface area (Å²) in [5, 5.41) is 3.03. The van der Waals surface area contributed by atoms with Gasteiger partial charge in [0, 0.05) is 18.2 Å². The third kappa shape index (κ3) is 3.66. The first-order chi connectivity index (χ1) is 13.2. The van der Waals surface area contributed by atoms with Crippen LogP contribution < -0.4 is 5.32 Å². The van der Waals surface area contributed by atoms with Crippen LogP contribution in [0.4, 0.5) is 9.18 Å². The zero-order valence-electron chi connectivity index (χ0n) is 17.0. The fraction of sp³-hybridized carbons (Fsp3) is 0.636. The number of urea groups is 1. The van der Waals surface area contributed by atoms with E-state index in [9.17, 15) is 14.0 Å². The summed E-state index contributed by atoms with van der Waals surface area (Å²) in [4.78, 5) is 29.5. The van der Waals surface area contributed by atoms with E-state index < -0.39 is 5.54 Å². The van der Waals surface area contributed by atoms with Gasteiger partial charge in [0.25, 0.3) is 5.91 Å². The summed E-state index contributed by atoms with van der Waals surface area (Å²) in [6, 6.07) is 6.70. The number of hydrogen-bond acceptors (Lipinski definition) is 3. The average molecular weight is 387 g/mol. The smallest absolute Gasteiger partial charge is 0.323 e. The molecular weight excluding hydrogens is 357 g/mol. The fourth-order valence-electron chi connectivity index (χ4n) is 5.40. The van der Waals surface area contributed by atoms with Crippen LogP contribution in [0.1, 0.15) is 58.4 Å². The minimum absolute atomic E-state index is 0.0139. The van der Waals surface area contributed by atoms with Gasteiger partial charge in [0.15, 0.2) is 0 Å². The third-order valence-corrected chi connectivity index (χ3v) is 6.34. The molecule has 0 unspecified atom stereocenters. The Morgan fingerprint density at radius 1 is 1.21 bits per heavy atom. The zero-order valence-corrected chi connectivity index (χ0v) is 17.0. The van der Waals surface area contributed by atoms with Crippen molar-refractivity contribution in [2.24, 2.45) is 11.3 Å². The number of rotatable bonds is 5. The molecule has 5 nitrogen and oxygen atoms in total. The predicted molar refractivity (Wildman–Crippen MR) is 105 cm³/mol. The lowest BCUT2D eigenvalue weighted by Gasteiger charge is -2.44. The molecule has 0 aromatic heterocycles. The Balaban J connectivity index is 1.53. The molecule has 1 saturated heterocycles. The van der Waals surface area contributed by atoms with Gasteiger partial charge in [-0.25, -0.2) is 14.1 Å². The van der Waals surface area contributed by atoms with Crippen LogP contribution in [0.25, 0.3) is 0 Å². The van der Waals surface area contributed by atoms with Crippen LogP contribution >= 0.6 is 0 Å². The van der Waals surface area contributed by atoms with Crippen molar-refractivity contribution in [3.8, 4) is 0 Å². The number of nitrogens with zero attached hydrogens (tertiary/aromatic N) is 2. The Hall–Kier alpha value is -1.95. The number of hydrogen-bond donors (Lipinski definition) is 1. The first-order valence-electron chi connectivity index (χ1n) is 10.3. The Bertz CT molecular complexity index is 792. The average Bonchev–Trinajstić information content (AvgIpc) is 3.39. The standard InChI is InChI=1S/C22H30FN3O2/c1-15-10-21(2,3)13-22(11-15)19(27)26(20(28)24-22)14-25(17-8-9-17)12-16-6-4-5-7-18(16)23/h4-7,15,17H,8-14H2,1-3H3,(H,24,28)/t15-,22-/m0/s1. The van der Waals surface area contributed by atoms with Crippen molar-refractivity contribution >= 4 is 11.9 Å². The molecule has 1 aromatic rings. The summed E-state index contributed by atoms with van der Waals surface area (Å²) in [7, 11) is 0.